The van der Waals surface area contributed by atoms with Crippen LogP contribution in [0.25, 0.3) is 0 Å². The Balaban J connectivity index is 1.96. The van der Waals surface area contributed by atoms with Crippen LogP contribution in [0.15, 0.2) is 22.7 Å². The lowest BCUT2D eigenvalue weighted by molar-refractivity contribution is 0.0947. The van der Waals surface area contributed by atoms with Gasteiger partial charge in [0.15, 0.2) is 0 Å². The molecule has 2 rings (SSSR count). The molecule has 0 spiro atoms. The molecule has 0 fully saturated rings. The molecule has 2 aromatic rings. The number of anilines is 1. The maximum atomic E-state index is 11.9. The van der Waals surface area contributed by atoms with E-state index in [4.69, 9.17) is 4.42 Å². The molecule has 0 atom stereocenters. The molecule has 0 saturated carbocycles. The molecule has 19 heavy (non-hydrogen) atoms. The average molecular weight is 260 g/mol. The topological polar surface area (TPSA) is 80.0 Å². The predicted octanol–water partition coefficient (Wildman–Crippen LogP) is 1.66. The number of hydrogen-bond donors (Lipinski definition) is 2. The fourth-order valence-corrected chi connectivity index (χ4v) is 1.55. The quantitative estimate of drug-likeness (QED) is 0.873. The van der Waals surface area contributed by atoms with Gasteiger partial charge in [-0.15, -0.1) is 0 Å². The van der Waals surface area contributed by atoms with Gasteiger partial charge in [0.25, 0.3) is 5.91 Å². The van der Waals surface area contributed by atoms with E-state index in [1.165, 1.54) is 6.20 Å². The SMILES string of the molecule is CNc1ccc(C(=O)NCc2nc(C)c(C)o2)cn1. The highest BCUT2D eigenvalue weighted by Crippen LogP contribution is 2.08. The van der Waals surface area contributed by atoms with Crippen molar-refractivity contribution in [3.05, 3.63) is 41.2 Å². The Morgan fingerprint density at radius 1 is 1.37 bits per heavy atom. The van der Waals surface area contributed by atoms with E-state index in [1.54, 1.807) is 19.2 Å². The summed E-state index contributed by atoms with van der Waals surface area (Å²) in [5.41, 5.74) is 1.34. The molecule has 0 aliphatic rings. The molecule has 2 N–H and O–H groups in total. The van der Waals surface area contributed by atoms with E-state index in [0.717, 1.165) is 17.3 Å². The molecule has 0 radical (unpaired) electrons. The third kappa shape index (κ3) is 3.09. The first kappa shape index (κ1) is 13.1. The molecule has 6 nitrogen and oxygen atoms in total. The molecule has 1 amide bonds. The largest absolute Gasteiger partial charge is 0.444 e. The fourth-order valence-electron chi connectivity index (χ4n) is 1.55. The Bertz CT molecular complexity index is 555. The second kappa shape index (κ2) is 5.51. The number of pyridine rings is 1. The smallest absolute Gasteiger partial charge is 0.253 e. The minimum atomic E-state index is -0.205. The van der Waals surface area contributed by atoms with E-state index in [9.17, 15) is 4.79 Å². The molecule has 0 aliphatic heterocycles. The van der Waals surface area contributed by atoms with Crippen molar-refractivity contribution in [2.45, 2.75) is 20.4 Å². The third-order valence-electron chi connectivity index (χ3n) is 2.75. The van der Waals surface area contributed by atoms with Gasteiger partial charge in [-0.1, -0.05) is 0 Å². The van der Waals surface area contributed by atoms with Crippen molar-refractivity contribution in [1.82, 2.24) is 15.3 Å². The second-order valence-electron chi connectivity index (χ2n) is 4.11. The highest BCUT2D eigenvalue weighted by molar-refractivity contribution is 5.93. The molecule has 0 bridgehead atoms. The number of aromatic nitrogens is 2. The van der Waals surface area contributed by atoms with Crippen LogP contribution in [0, 0.1) is 13.8 Å². The number of oxazole rings is 1. The Morgan fingerprint density at radius 3 is 2.68 bits per heavy atom. The van der Waals surface area contributed by atoms with Gasteiger partial charge in [0.1, 0.15) is 11.6 Å². The molecule has 0 saturated heterocycles. The number of amides is 1. The lowest BCUT2D eigenvalue weighted by atomic mass is 10.2. The fraction of sp³-hybridized carbons (Fsp3) is 0.308. The Hall–Kier alpha value is -2.37. The maximum Gasteiger partial charge on any atom is 0.253 e. The molecule has 0 aliphatic carbocycles. The van der Waals surface area contributed by atoms with Gasteiger partial charge in [-0.25, -0.2) is 9.97 Å². The monoisotopic (exact) mass is 260 g/mol. The second-order valence-corrected chi connectivity index (χ2v) is 4.11. The minimum absolute atomic E-state index is 0.205. The first-order valence-electron chi connectivity index (χ1n) is 5.95. The predicted molar refractivity (Wildman–Crippen MR) is 70.9 cm³/mol. The third-order valence-corrected chi connectivity index (χ3v) is 2.75. The van der Waals surface area contributed by atoms with Gasteiger partial charge in [0.05, 0.1) is 17.8 Å². The van der Waals surface area contributed by atoms with Gasteiger partial charge in [0.2, 0.25) is 5.89 Å². The highest BCUT2D eigenvalue weighted by atomic mass is 16.4. The minimum Gasteiger partial charge on any atom is -0.444 e. The van der Waals surface area contributed by atoms with Gasteiger partial charge in [-0.3, -0.25) is 4.79 Å². The van der Waals surface area contributed by atoms with Gasteiger partial charge < -0.3 is 15.1 Å². The molecular weight excluding hydrogens is 244 g/mol. The molecule has 100 valence electrons. The summed E-state index contributed by atoms with van der Waals surface area (Å²) in [4.78, 5) is 20.1. The number of carbonyl (C=O) groups excluding carboxylic acids is 1. The van der Waals surface area contributed by atoms with Crippen LogP contribution >= 0.6 is 0 Å². The summed E-state index contributed by atoms with van der Waals surface area (Å²) >= 11 is 0. The van der Waals surface area contributed by atoms with Crippen LogP contribution in [0.2, 0.25) is 0 Å². The van der Waals surface area contributed by atoms with Gasteiger partial charge in [0, 0.05) is 13.2 Å². The van der Waals surface area contributed by atoms with Crippen LogP contribution in [0.3, 0.4) is 0 Å². The lowest BCUT2D eigenvalue weighted by Gasteiger charge is -2.03. The summed E-state index contributed by atoms with van der Waals surface area (Å²) in [6, 6.07) is 3.45. The van der Waals surface area contributed by atoms with Crippen LogP contribution in [-0.2, 0) is 6.54 Å². The summed E-state index contributed by atoms with van der Waals surface area (Å²) in [6.45, 7) is 3.97. The van der Waals surface area contributed by atoms with Crippen LogP contribution in [0.5, 0.6) is 0 Å². The van der Waals surface area contributed by atoms with E-state index in [0.29, 0.717) is 11.5 Å². The molecule has 2 aromatic heterocycles. The first-order chi connectivity index (χ1) is 9.10. The first-order valence-corrected chi connectivity index (χ1v) is 5.95. The van der Waals surface area contributed by atoms with E-state index in [-0.39, 0.29) is 12.5 Å². The van der Waals surface area contributed by atoms with Crippen LogP contribution < -0.4 is 10.6 Å². The standard InChI is InChI=1S/C13H16N4O2/c1-8-9(2)19-12(17-8)7-16-13(18)10-4-5-11(14-3)15-6-10/h4-6H,7H2,1-3H3,(H,14,15)(H,16,18). The zero-order valence-corrected chi connectivity index (χ0v) is 11.2. The Morgan fingerprint density at radius 2 is 2.16 bits per heavy atom. The van der Waals surface area contributed by atoms with Crippen molar-refractivity contribution in [3.63, 3.8) is 0 Å². The Labute approximate surface area is 111 Å². The summed E-state index contributed by atoms with van der Waals surface area (Å²) in [5, 5.41) is 5.63. The summed E-state index contributed by atoms with van der Waals surface area (Å²) < 4.78 is 5.39. The molecule has 2 heterocycles. The number of nitrogens with one attached hydrogen (secondary N) is 2. The summed E-state index contributed by atoms with van der Waals surface area (Å²) in [5.74, 6) is 1.78. The normalized spacial score (nSPS) is 10.3. The molecule has 0 unspecified atom stereocenters. The van der Waals surface area contributed by atoms with E-state index in [1.807, 2.05) is 13.8 Å². The molecule has 6 heteroatoms. The van der Waals surface area contributed by atoms with Crippen LogP contribution in [-0.4, -0.2) is 22.9 Å². The van der Waals surface area contributed by atoms with Crippen LogP contribution in [0.4, 0.5) is 5.82 Å². The number of aryl methyl sites for hydroxylation is 2. The van der Waals surface area contributed by atoms with Gasteiger partial charge >= 0.3 is 0 Å². The Kier molecular flexibility index (Phi) is 3.79. The van der Waals surface area contributed by atoms with Crippen molar-refractivity contribution in [3.8, 4) is 0 Å². The zero-order chi connectivity index (χ0) is 13.8. The van der Waals surface area contributed by atoms with Gasteiger partial charge in [-0.05, 0) is 26.0 Å². The van der Waals surface area contributed by atoms with Crippen molar-refractivity contribution in [2.75, 3.05) is 12.4 Å². The average Bonchev–Trinajstić information content (AvgIpc) is 2.75. The van der Waals surface area contributed by atoms with Gasteiger partial charge in [-0.2, -0.15) is 0 Å². The number of rotatable bonds is 4. The molecular formula is C13H16N4O2. The highest BCUT2D eigenvalue weighted by Gasteiger charge is 2.09. The van der Waals surface area contributed by atoms with Crippen molar-refractivity contribution < 1.29 is 9.21 Å². The number of carbonyl (C=O) groups is 1. The van der Waals surface area contributed by atoms with Crippen molar-refractivity contribution in [1.29, 1.82) is 0 Å². The molecule has 0 aromatic carbocycles. The summed E-state index contributed by atoms with van der Waals surface area (Å²) in [6.07, 6.45) is 1.52. The van der Waals surface area contributed by atoms with Crippen LogP contribution in [0.1, 0.15) is 27.7 Å². The van der Waals surface area contributed by atoms with E-state index < -0.39 is 0 Å². The number of hydrogen-bond acceptors (Lipinski definition) is 5. The zero-order valence-electron chi connectivity index (χ0n) is 11.2. The van der Waals surface area contributed by atoms with E-state index >= 15 is 0 Å². The maximum absolute atomic E-state index is 11.9. The number of nitrogens with zero attached hydrogens (tertiary/aromatic N) is 2. The van der Waals surface area contributed by atoms with Crippen molar-refractivity contribution in [2.24, 2.45) is 0 Å². The summed E-state index contributed by atoms with van der Waals surface area (Å²) in [7, 11) is 1.77. The van der Waals surface area contributed by atoms with E-state index in [2.05, 4.69) is 20.6 Å². The lowest BCUT2D eigenvalue weighted by Crippen LogP contribution is -2.23. The van der Waals surface area contributed by atoms with Crippen molar-refractivity contribution >= 4 is 11.7 Å².